The van der Waals surface area contributed by atoms with E-state index in [4.69, 9.17) is 30.2 Å². The summed E-state index contributed by atoms with van der Waals surface area (Å²) in [5.74, 6) is 1.66. The number of rotatable bonds is 40. The van der Waals surface area contributed by atoms with E-state index in [-0.39, 0.29) is 64.9 Å². The first-order valence-corrected chi connectivity index (χ1v) is 44.9. The number of unbranched alkanes of at least 4 members (excludes halogenated alkanes) is 3. The number of fused-ring (bicyclic) bond motifs is 6. The second kappa shape index (κ2) is 53.3. The standard InChI is InChI=1S/C32H47N7O3.C29H40N6O3.C24H41N5O3.C8H7BrN2.2CH3.Pd/c1-23(40)33-19-22-39(20-9-8-12-25-16-15-24-11-10-18-34-29(24)35-25)21-17-27(31(41)42-32(2,3)4)36-30-26-13-6-7-14-28(26)38(5)37-30;1-21(36)30-16-19-35(17-6-5-9-24-13-12-22-8-7-15-31-28(22)32-24)18-14-23(29(37)38)20-26-25-10-3-4-11-27(25)34(2)33-26;1-18(30)26-14-17-29(16-12-21(25)23(31)32-24(2,3)4)15-6-5-9-20-11-10-19-8-7-13-27-22(19)28-20;1-11-7-5-3-2-4-6(7)8(9)10-11;;;/h6-7,13-16,27H,8-12,17-22H2,1-5H3,(H,33,40)(H,34,35)(H,36,37);3-4,10-13,23H,5-9,14-20H2,1-2H3,(H,30,36)(H,31,32)(H,37,38);10-11,21H,5-9,12-17,25H2,1-4H3,(H,26,30)(H,27,28);2-5H,1H3;2*1H3;/q;;;;2*-1;+2/t27-;23-;21-;;;;/m010..../s1. The zero-order valence-electron chi connectivity index (χ0n) is 77.0. The van der Waals surface area contributed by atoms with Crippen LogP contribution in [0.5, 0.6) is 0 Å². The number of carboxylic acid groups (broad SMARTS) is 1. The van der Waals surface area contributed by atoms with Crippen molar-refractivity contribution in [2.45, 2.75) is 208 Å². The Kier molecular flexibility index (Phi) is 44.6. The van der Waals surface area contributed by atoms with Gasteiger partial charge in [0.1, 0.15) is 45.3 Å². The Morgan fingerprint density at radius 1 is 0.484 bits per heavy atom. The molecule has 3 amide bonds. The van der Waals surface area contributed by atoms with Crippen LogP contribution in [0.3, 0.4) is 0 Å². The maximum absolute atomic E-state index is 13.3. The van der Waals surface area contributed by atoms with E-state index in [2.05, 4.69) is 120 Å². The zero-order valence-corrected chi connectivity index (χ0v) is 80.2. The van der Waals surface area contributed by atoms with Crippen molar-refractivity contribution >= 4 is 108 Å². The fourth-order valence-electron chi connectivity index (χ4n) is 15.4. The average molecular weight is 1890 g/mol. The number of benzene rings is 3. The molecule has 0 saturated carbocycles. The average Bonchev–Trinajstić information content (AvgIpc) is 1.66. The van der Waals surface area contributed by atoms with Crippen LogP contribution in [0.2, 0.25) is 0 Å². The number of nitrogens with two attached hydrogens (primary N) is 1. The van der Waals surface area contributed by atoms with Gasteiger partial charge >= 0.3 is 38.3 Å². The minimum atomic E-state index is -0.798. The summed E-state index contributed by atoms with van der Waals surface area (Å²) < 4.78 is 17.6. The fourth-order valence-corrected chi connectivity index (χ4v) is 15.9. The molecule has 3 aromatic carbocycles. The van der Waals surface area contributed by atoms with E-state index >= 15 is 0 Å². The van der Waals surface area contributed by atoms with Crippen molar-refractivity contribution in [2.24, 2.45) is 32.8 Å². The van der Waals surface area contributed by atoms with Crippen LogP contribution in [0.4, 0.5) is 23.3 Å². The maximum Gasteiger partial charge on any atom is 2.00 e. The summed E-state index contributed by atoms with van der Waals surface area (Å²) in [5, 5.41) is 48.8. The molecule has 0 bridgehead atoms. The molecule has 31 heteroatoms. The number of aliphatic carboxylic acids is 1. The SMILES string of the molecule is CC(=O)NCCN(CCCCc1ccc2c(n1)NCCC2)CC[C@H](Cc1nn(C)c2ccccc12)C(=O)O.CC(=O)NCCN(CCCCc1ccc2c(n1)NCCC2)CC[C@H](N)C(=O)OC(C)(C)C.CC(=O)NCCN(CCCCc1ccc2c(n1)NCCC2)CC[C@H](Nc1nn(C)c2ccccc12)C(=O)OC(C)(C)C.Cn1nc(Br)c2ccccc21.[CH3-].[CH3-].[Pd+2]. The van der Waals surface area contributed by atoms with Gasteiger partial charge in [0.05, 0.1) is 28.2 Å². The van der Waals surface area contributed by atoms with E-state index in [0.717, 1.165) is 213 Å². The van der Waals surface area contributed by atoms with Crippen LogP contribution >= 0.6 is 15.9 Å². The van der Waals surface area contributed by atoms with Crippen molar-refractivity contribution in [1.29, 1.82) is 0 Å². The first-order chi connectivity index (χ1) is 58.9. The third-order valence-electron chi connectivity index (χ3n) is 21.8. The number of hydrogen-bond donors (Lipinski definition) is 9. The molecule has 3 aliphatic heterocycles. The minimum Gasteiger partial charge on any atom is -0.481 e. The molecular formula is C95H141BrN20O9Pd. The molecule has 10 N–H and O–H groups in total. The van der Waals surface area contributed by atoms with Gasteiger partial charge < -0.3 is 87.1 Å². The Morgan fingerprint density at radius 3 is 1.28 bits per heavy atom. The number of amides is 3. The van der Waals surface area contributed by atoms with Gasteiger partial charge in [0.2, 0.25) is 17.7 Å². The third kappa shape index (κ3) is 35.6. The van der Waals surface area contributed by atoms with Crippen molar-refractivity contribution < 1.29 is 63.8 Å². The van der Waals surface area contributed by atoms with Crippen molar-refractivity contribution in [1.82, 2.24) is 74.9 Å². The monoisotopic (exact) mass is 1890 g/mol. The Morgan fingerprint density at radius 2 is 0.857 bits per heavy atom. The number of anilines is 4. The fraction of sp³-hybridized carbons (Fsp3) is 0.537. The quantitative estimate of drug-likeness (QED) is 0.00745. The van der Waals surface area contributed by atoms with E-state index in [0.29, 0.717) is 83.9 Å². The van der Waals surface area contributed by atoms with Gasteiger partial charge in [0, 0.05) is 154 Å². The molecule has 3 aliphatic rings. The number of carbonyl (C=O) groups is 6. The van der Waals surface area contributed by atoms with Gasteiger partial charge in [-0.2, -0.15) is 15.3 Å². The van der Waals surface area contributed by atoms with E-state index in [1.165, 1.54) is 43.9 Å². The van der Waals surface area contributed by atoms with Crippen LogP contribution in [0.1, 0.15) is 179 Å². The van der Waals surface area contributed by atoms with Crippen molar-refractivity contribution in [3.05, 3.63) is 168 Å². The minimum absolute atomic E-state index is 0. The first-order valence-electron chi connectivity index (χ1n) is 44.1. The largest absolute Gasteiger partial charge is 2.00 e. The number of carbonyl (C=O) groups excluding carboxylic acids is 5. The number of halogens is 1. The molecule has 12 rings (SSSR count). The van der Waals surface area contributed by atoms with Gasteiger partial charge in [-0.05, 0) is 258 Å². The molecule has 692 valence electrons. The molecule has 0 aliphatic carbocycles. The Labute approximate surface area is 769 Å². The second-order valence-corrected chi connectivity index (χ2v) is 35.1. The third-order valence-corrected chi connectivity index (χ3v) is 22.4. The number of carboxylic acids is 1. The van der Waals surface area contributed by atoms with E-state index < -0.39 is 35.2 Å². The molecule has 0 unspecified atom stereocenters. The van der Waals surface area contributed by atoms with Crippen LogP contribution in [0.25, 0.3) is 32.7 Å². The second-order valence-electron chi connectivity index (χ2n) is 34.4. The molecule has 0 spiro atoms. The van der Waals surface area contributed by atoms with Gasteiger partial charge in [-0.25, -0.2) is 19.7 Å². The normalized spacial score (nSPS) is 13.4. The number of esters is 2. The molecule has 0 radical (unpaired) electrons. The van der Waals surface area contributed by atoms with Crippen molar-refractivity contribution in [3.8, 4) is 0 Å². The smallest absolute Gasteiger partial charge is 0.481 e. The van der Waals surface area contributed by atoms with Gasteiger partial charge in [-0.1, -0.05) is 66.7 Å². The summed E-state index contributed by atoms with van der Waals surface area (Å²) in [5.41, 5.74) is 16.1. The topological polar surface area (TPSA) is 353 Å². The predicted molar refractivity (Wildman–Crippen MR) is 506 cm³/mol. The number of aryl methyl sites for hydroxylation is 9. The van der Waals surface area contributed by atoms with Crippen LogP contribution in [0, 0.1) is 20.8 Å². The first kappa shape index (κ1) is 105. The van der Waals surface area contributed by atoms with E-state index in [9.17, 15) is 33.9 Å². The van der Waals surface area contributed by atoms with Gasteiger partial charge in [-0.15, -0.1) is 0 Å². The Balaban J connectivity index is 0.000000273. The zero-order chi connectivity index (χ0) is 88.4. The number of hydrogen-bond acceptors (Lipinski definition) is 22. The molecule has 3 atom stereocenters. The van der Waals surface area contributed by atoms with Gasteiger partial charge in [-0.3, -0.25) is 38.0 Å². The molecule has 0 saturated heterocycles. The summed E-state index contributed by atoms with van der Waals surface area (Å²) in [4.78, 5) is 93.0. The van der Waals surface area contributed by atoms with E-state index in [1.54, 1.807) is 0 Å². The number of pyridine rings is 3. The molecule has 6 aromatic heterocycles. The summed E-state index contributed by atoms with van der Waals surface area (Å²) in [7, 11) is 5.73. The summed E-state index contributed by atoms with van der Waals surface area (Å²) in [6.07, 6.45) is 17.5. The number of ether oxygens (including phenoxy) is 2. The molecule has 9 heterocycles. The summed E-state index contributed by atoms with van der Waals surface area (Å²) >= 11 is 3.39. The van der Waals surface area contributed by atoms with Crippen molar-refractivity contribution in [2.75, 3.05) is 119 Å². The van der Waals surface area contributed by atoms with Crippen LogP contribution < -0.4 is 43.0 Å². The van der Waals surface area contributed by atoms with Crippen LogP contribution in [-0.4, -0.2) is 221 Å². The Hall–Kier alpha value is -9.48. The molecule has 126 heavy (non-hydrogen) atoms. The number of nitrogens with zero attached hydrogens (tertiary/aromatic N) is 12. The molecular weight excluding hydrogens is 1750 g/mol. The summed E-state index contributed by atoms with van der Waals surface area (Å²) in [6, 6.07) is 35.8. The van der Waals surface area contributed by atoms with Crippen LogP contribution in [-0.2, 0) is 125 Å². The molecule has 29 nitrogen and oxygen atoms in total. The van der Waals surface area contributed by atoms with E-state index in [1.807, 2.05) is 150 Å². The number of para-hydroxylation sites is 3. The Bertz CT molecular complexity index is 4850. The molecule has 0 fully saturated rings. The van der Waals surface area contributed by atoms with Gasteiger partial charge in [0.25, 0.3) is 0 Å². The summed E-state index contributed by atoms with van der Waals surface area (Å²) in [6.45, 7) is 27.1. The maximum atomic E-state index is 13.3. The van der Waals surface area contributed by atoms with Crippen LogP contribution in [0.15, 0.2) is 114 Å². The predicted octanol–water partition coefficient (Wildman–Crippen LogP) is 13.2. The van der Waals surface area contributed by atoms with Gasteiger partial charge in [0.15, 0.2) is 5.82 Å². The number of aromatic nitrogens is 9. The number of nitrogens with one attached hydrogen (secondary N) is 7. The molecule has 9 aromatic rings. The van der Waals surface area contributed by atoms with Crippen molar-refractivity contribution in [3.63, 3.8) is 0 Å².